The van der Waals surface area contributed by atoms with Gasteiger partial charge in [0.05, 0.1) is 23.9 Å². The number of nitrogens with zero attached hydrogens (tertiary/aromatic N) is 5. The van der Waals surface area contributed by atoms with E-state index in [1.807, 2.05) is 24.7 Å². The summed E-state index contributed by atoms with van der Waals surface area (Å²) >= 11 is 0. The molecule has 152 valence electrons. The van der Waals surface area contributed by atoms with Crippen LogP contribution in [0.3, 0.4) is 0 Å². The summed E-state index contributed by atoms with van der Waals surface area (Å²) in [4.78, 5) is 14.5. The number of aromatic nitrogens is 3. The second-order valence-electron chi connectivity index (χ2n) is 8.20. The fourth-order valence-electron chi connectivity index (χ4n) is 4.46. The highest BCUT2D eigenvalue weighted by atomic mass is 15.2. The molecule has 0 radical (unpaired) electrons. The topological polar surface area (TPSA) is 36.7 Å². The van der Waals surface area contributed by atoms with E-state index in [1.54, 1.807) is 0 Å². The molecule has 0 atom stereocenters. The molecule has 5 nitrogen and oxygen atoms in total. The summed E-state index contributed by atoms with van der Waals surface area (Å²) in [7, 11) is 4.35. The summed E-state index contributed by atoms with van der Waals surface area (Å²) < 4.78 is 2.21. The number of fused-ring (bicyclic) bond motifs is 1. The molecule has 1 aliphatic rings. The van der Waals surface area contributed by atoms with Gasteiger partial charge < -0.3 is 9.80 Å². The fourth-order valence-corrected chi connectivity index (χ4v) is 4.46. The summed E-state index contributed by atoms with van der Waals surface area (Å²) in [6.07, 6.45) is 6.16. The second-order valence-corrected chi connectivity index (χ2v) is 8.20. The Morgan fingerprint density at radius 1 is 0.867 bits per heavy atom. The second kappa shape index (κ2) is 7.92. The Balaban J connectivity index is 1.68. The first kappa shape index (κ1) is 18.8. The molecule has 0 unspecified atom stereocenters. The van der Waals surface area contributed by atoms with Gasteiger partial charge in [-0.3, -0.25) is 4.40 Å². The van der Waals surface area contributed by atoms with Crippen molar-refractivity contribution in [3.63, 3.8) is 0 Å². The molecule has 0 bridgehead atoms. The zero-order chi connectivity index (χ0) is 20.5. The number of hydrogen-bond acceptors (Lipinski definition) is 4. The Morgan fingerprint density at radius 2 is 1.50 bits per heavy atom. The molecule has 5 rings (SSSR count). The minimum atomic E-state index is 0.638. The molecule has 4 aromatic rings. The van der Waals surface area contributed by atoms with Crippen molar-refractivity contribution in [2.24, 2.45) is 0 Å². The van der Waals surface area contributed by atoms with Gasteiger partial charge in [0.25, 0.3) is 0 Å². The molecule has 30 heavy (non-hydrogen) atoms. The summed E-state index contributed by atoms with van der Waals surface area (Å²) in [6.45, 7) is 2.02. The third kappa shape index (κ3) is 3.35. The number of imidazole rings is 1. The van der Waals surface area contributed by atoms with Crippen molar-refractivity contribution >= 4 is 11.3 Å². The molecular weight excluding hydrogens is 370 g/mol. The number of anilines is 1. The smallest absolute Gasteiger partial charge is 0.155 e. The van der Waals surface area contributed by atoms with E-state index >= 15 is 0 Å². The largest absolute Gasteiger partial charge is 0.355 e. The van der Waals surface area contributed by atoms with Crippen LogP contribution in [-0.4, -0.2) is 52.5 Å². The molecule has 5 heteroatoms. The quantitative estimate of drug-likeness (QED) is 0.505. The molecule has 3 heterocycles. The Morgan fingerprint density at radius 3 is 2.13 bits per heavy atom. The van der Waals surface area contributed by atoms with Gasteiger partial charge in [0, 0.05) is 30.3 Å². The van der Waals surface area contributed by atoms with Gasteiger partial charge in [-0.05, 0) is 26.9 Å². The van der Waals surface area contributed by atoms with E-state index in [0.29, 0.717) is 6.04 Å². The van der Waals surface area contributed by atoms with Crippen LogP contribution >= 0.6 is 0 Å². The SMILES string of the molecule is CN(C)C1CCN(c2nc(-c3ccccc3)c(-c3ccccc3)n3cncc23)CC1. The molecule has 2 aromatic heterocycles. The maximum Gasteiger partial charge on any atom is 0.155 e. The maximum atomic E-state index is 5.26. The first-order valence-corrected chi connectivity index (χ1v) is 10.6. The van der Waals surface area contributed by atoms with E-state index in [1.165, 1.54) is 0 Å². The Hall–Kier alpha value is -3.18. The Bertz CT molecular complexity index is 1130. The summed E-state index contributed by atoms with van der Waals surface area (Å²) in [5, 5.41) is 0. The molecule has 1 fully saturated rings. The van der Waals surface area contributed by atoms with Crippen LogP contribution in [0.25, 0.3) is 28.0 Å². The van der Waals surface area contributed by atoms with E-state index in [4.69, 9.17) is 4.98 Å². The molecule has 1 aliphatic heterocycles. The van der Waals surface area contributed by atoms with Gasteiger partial charge >= 0.3 is 0 Å². The minimum absolute atomic E-state index is 0.638. The average molecular weight is 398 g/mol. The van der Waals surface area contributed by atoms with Crippen molar-refractivity contribution in [3.05, 3.63) is 73.2 Å². The van der Waals surface area contributed by atoms with Crippen molar-refractivity contribution in [1.82, 2.24) is 19.3 Å². The average Bonchev–Trinajstić information content (AvgIpc) is 3.29. The van der Waals surface area contributed by atoms with Gasteiger partial charge in [-0.15, -0.1) is 0 Å². The number of benzene rings is 2. The Labute approximate surface area is 177 Å². The van der Waals surface area contributed by atoms with Crippen molar-refractivity contribution in [2.45, 2.75) is 18.9 Å². The highest BCUT2D eigenvalue weighted by Gasteiger charge is 2.25. The lowest BCUT2D eigenvalue weighted by molar-refractivity contribution is 0.249. The van der Waals surface area contributed by atoms with Gasteiger partial charge in [0.1, 0.15) is 5.52 Å². The molecular formula is C25H27N5. The van der Waals surface area contributed by atoms with Gasteiger partial charge in [-0.1, -0.05) is 60.7 Å². The predicted octanol–water partition coefficient (Wildman–Crippen LogP) is 4.59. The lowest BCUT2D eigenvalue weighted by Crippen LogP contribution is -2.42. The number of piperidine rings is 1. The summed E-state index contributed by atoms with van der Waals surface area (Å²) in [6, 6.07) is 21.6. The third-order valence-corrected chi connectivity index (χ3v) is 6.14. The fraction of sp³-hybridized carbons (Fsp3) is 0.280. The monoisotopic (exact) mass is 397 g/mol. The van der Waals surface area contributed by atoms with Crippen LogP contribution in [0.2, 0.25) is 0 Å². The van der Waals surface area contributed by atoms with Crippen LogP contribution in [0.4, 0.5) is 5.82 Å². The standard InChI is InChI=1S/C25H27N5/c1-28(2)21-13-15-29(16-14-21)25-22-17-26-18-30(22)24(20-11-7-4-8-12-20)23(27-25)19-9-5-3-6-10-19/h3-12,17-18,21H,13-16H2,1-2H3. The number of rotatable bonds is 4. The zero-order valence-corrected chi connectivity index (χ0v) is 17.6. The predicted molar refractivity (Wildman–Crippen MR) is 123 cm³/mol. The highest BCUT2D eigenvalue weighted by molar-refractivity contribution is 5.85. The van der Waals surface area contributed by atoms with E-state index in [0.717, 1.165) is 59.8 Å². The molecule has 0 saturated carbocycles. The van der Waals surface area contributed by atoms with Crippen molar-refractivity contribution in [2.75, 3.05) is 32.1 Å². The van der Waals surface area contributed by atoms with E-state index in [2.05, 4.69) is 81.8 Å². The normalized spacial score (nSPS) is 15.2. The van der Waals surface area contributed by atoms with Crippen LogP contribution in [0.5, 0.6) is 0 Å². The van der Waals surface area contributed by atoms with E-state index < -0.39 is 0 Å². The van der Waals surface area contributed by atoms with Crippen LogP contribution in [0, 0.1) is 0 Å². The lowest BCUT2D eigenvalue weighted by atomic mass is 10.0. The molecule has 0 amide bonds. The summed E-state index contributed by atoms with van der Waals surface area (Å²) in [5.74, 6) is 1.03. The van der Waals surface area contributed by atoms with Gasteiger partial charge in [0.2, 0.25) is 0 Å². The highest BCUT2D eigenvalue weighted by Crippen LogP contribution is 2.35. The van der Waals surface area contributed by atoms with E-state index in [-0.39, 0.29) is 0 Å². The zero-order valence-electron chi connectivity index (χ0n) is 17.6. The van der Waals surface area contributed by atoms with Crippen molar-refractivity contribution in [3.8, 4) is 22.5 Å². The minimum Gasteiger partial charge on any atom is -0.355 e. The molecule has 0 aliphatic carbocycles. The summed E-state index contributed by atoms with van der Waals surface area (Å²) in [5.41, 5.74) is 5.41. The van der Waals surface area contributed by atoms with Crippen LogP contribution < -0.4 is 4.90 Å². The van der Waals surface area contributed by atoms with Crippen LogP contribution in [0.15, 0.2) is 73.2 Å². The Kier molecular flexibility index (Phi) is 4.97. The van der Waals surface area contributed by atoms with E-state index in [9.17, 15) is 0 Å². The molecule has 0 N–H and O–H groups in total. The first-order valence-electron chi connectivity index (χ1n) is 10.6. The molecule has 1 saturated heterocycles. The van der Waals surface area contributed by atoms with Crippen molar-refractivity contribution < 1.29 is 0 Å². The van der Waals surface area contributed by atoms with Crippen molar-refractivity contribution in [1.29, 1.82) is 0 Å². The van der Waals surface area contributed by atoms with Crippen LogP contribution in [-0.2, 0) is 0 Å². The molecule has 2 aromatic carbocycles. The number of hydrogen-bond donors (Lipinski definition) is 0. The first-order chi connectivity index (χ1) is 14.7. The van der Waals surface area contributed by atoms with Gasteiger partial charge in [-0.25, -0.2) is 9.97 Å². The molecule has 0 spiro atoms. The maximum absolute atomic E-state index is 5.26. The van der Waals surface area contributed by atoms with Gasteiger partial charge in [-0.2, -0.15) is 0 Å². The lowest BCUT2D eigenvalue weighted by Gasteiger charge is -2.36. The third-order valence-electron chi connectivity index (χ3n) is 6.14. The van der Waals surface area contributed by atoms with Crippen LogP contribution in [0.1, 0.15) is 12.8 Å². The van der Waals surface area contributed by atoms with Gasteiger partial charge in [0.15, 0.2) is 5.82 Å².